The Hall–Kier alpha value is -4.01. The van der Waals surface area contributed by atoms with Crippen LogP contribution in [0.5, 0.6) is 11.5 Å². The minimum atomic E-state index is -0.546. The van der Waals surface area contributed by atoms with Gasteiger partial charge in [0.25, 0.3) is 5.91 Å². The number of allylic oxidation sites excluding steroid dienone is 1. The molecule has 0 saturated carbocycles. The molecule has 4 aromatic rings. The number of hydrogen-bond donors (Lipinski definition) is 2. The van der Waals surface area contributed by atoms with Crippen LogP contribution in [-0.2, 0) is 11.4 Å². The van der Waals surface area contributed by atoms with E-state index in [0.29, 0.717) is 38.8 Å². The maximum absolute atomic E-state index is 13.6. The molecule has 0 bridgehead atoms. The zero-order valence-corrected chi connectivity index (χ0v) is 22.5. The summed E-state index contributed by atoms with van der Waals surface area (Å²) in [6, 6.07) is 18.0. The number of hydrogen-bond acceptors (Lipinski definition) is 6. The third-order valence-corrected chi connectivity index (χ3v) is 7.05. The van der Waals surface area contributed by atoms with Gasteiger partial charge in [-0.3, -0.25) is 4.79 Å². The normalized spacial score (nSPS) is 14.5. The number of halogens is 2. The van der Waals surface area contributed by atoms with Crippen molar-refractivity contribution in [3.05, 3.63) is 105 Å². The molecular weight excluding hydrogens is 525 g/mol. The topological polar surface area (TPSA) is 90.3 Å². The number of ether oxygens (including phenoxy) is 2. The Morgan fingerprint density at radius 3 is 2.63 bits per heavy atom. The quantitative estimate of drug-likeness (QED) is 0.277. The van der Waals surface area contributed by atoms with E-state index >= 15 is 0 Å². The summed E-state index contributed by atoms with van der Waals surface area (Å²) in [5.41, 5.74) is 4.55. The second-order valence-corrected chi connectivity index (χ2v) is 9.63. The second kappa shape index (κ2) is 10.8. The van der Waals surface area contributed by atoms with Gasteiger partial charge in [0.05, 0.1) is 22.7 Å². The number of aryl methyl sites for hydroxylation is 1. The molecule has 8 nitrogen and oxygen atoms in total. The number of aromatic nitrogens is 3. The Labute approximate surface area is 230 Å². The lowest BCUT2D eigenvalue weighted by Crippen LogP contribution is -2.31. The summed E-state index contributed by atoms with van der Waals surface area (Å²) < 4.78 is 13.4. The van der Waals surface area contributed by atoms with Crippen molar-refractivity contribution in [2.75, 3.05) is 17.7 Å². The molecule has 0 spiro atoms. The molecule has 2 N–H and O–H groups in total. The van der Waals surface area contributed by atoms with Gasteiger partial charge in [0.2, 0.25) is 5.95 Å². The largest absolute Gasteiger partial charge is 0.493 e. The Morgan fingerprint density at radius 1 is 1.05 bits per heavy atom. The van der Waals surface area contributed by atoms with Crippen LogP contribution in [0.15, 0.2) is 78.3 Å². The highest BCUT2D eigenvalue weighted by molar-refractivity contribution is 6.42. The van der Waals surface area contributed by atoms with Crippen molar-refractivity contribution >= 4 is 40.7 Å². The first-order valence-electron chi connectivity index (χ1n) is 11.8. The number of methoxy groups -OCH3 is 1. The van der Waals surface area contributed by atoms with E-state index in [9.17, 15) is 4.79 Å². The highest BCUT2D eigenvalue weighted by Gasteiger charge is 2.34. The number of fused-ring (bicyclic) bond motifs is 1. The van der Waals surface area contributed by atoms with E-state index in [1.54, 1.807) is 23.9 Å². The van der Waals surface area contributed by atoms with Gasteiger partial charge >= 0.3 is 0 Å². The van der Waals surface area contributed by atoms with Crippen LogP contribution >= 0.6 is 23.2 Å². The fourth-order valence-corrected chi connectivity index (χ4v) is 4.68. The molecule has 1 atom stereocenters. The van der Waals surface area contributed by atoms with E-state index in [2.05, 4.69) is 20.7 Å². The Morgan fingerprint density at radius 2 is 1.87 bits per heavy atom. The van der Waals surface area contributed by atoms with Crippen molar-refractivity contribution in [1.29, 1.82) is 0 Å². The van der Waals surface area contributed by atoms with Crippen LogP contribution in [0.4, 0.5) is 11.6 Å². The smallest absolute Gasteiger partial charge is 0.255 e. The number of rotatable bonds is 7. The van der Waals surface area contributed by atoms with Crippen LogP contribution in [0.2, 0.25) is 10.0 Å². The van der Waals surface area contributed by atoms with E-state index in [1.807, 2.05) is 62.4 Å². The van der Waals surface area contributed by atoms with Gasteiger partial charge in [0.1, 0.15) is 19.0 Å². The third-order valence-electron chi connectivity index (χ3n) is 6.31. The molecule has 0 unspecified atom stereocenters. The highest BCUT2D eigenvalue weighted by Crippen LogP contribution is 2.39. The molecule has 1 aliphatic rings. The van der Waals surface area contributed by atoms with E-state index in [0.717, 1.165) is 22.4 Å². The third kappa shape index (κ3) is 5.05. The standard InChI is InChI=1S/C28H25Cl2N5O3/c1-16-6-4-5-7-22(16)34-27(36)25-17(2)33-28-31-15-32-35(28)26(25)19-9-11-23(24(13-19)37-3)38-14-18-8-10-20(29)21(30)12-18/h4-13,15,26H,14H2,1-3H3,(H,34,36)(H,31,32,33)/t26-/m1/s1. The van der Waals surface area contributed by atoms with Gasteiger partial charge in [-0.15, -0.1) is 0 Å². The van der Waals surface area contributed by atoms with Crippen molar-refractivity contribution in [2.24, 2.45) is 0 Å². The van der Waals surface area contributed by atoms with Crippen molar-refractivity contribution in [3.63, 3.8) is 0 Å². The maximum atomic E-state index is 13.6. The Balaban J connectivity index is 1.47. The number of para-hydroxylation sites is 1. The zero-order valence-electron chi connectivity index (χ0n) is 21.0. The highest BCUT2D eigenvalue weighted by atomic mass is 35.5. The van der Waals surface area contributed by atoms with Crippen LogP contribution in [0.3, 0.4) is 0 Å². The van der Waals surface area contributed by atoms with Gasteiger partial charge in [0, 0.05) is 11.4 Å². The van der Waals surface area contributed by atoms with Crippen molar-refractivity contribution in [1.82, 2.24) is 14.8 Å². The van der Waals surface area contributed by atoms with Crippen molar-refractivity contribution in [3.8, 4) is 11.5 Å². The molecule has 0 fully saturated rings. The zero-order chi connectivity index (χ0) is 26.8. The number of nitrogens with one attached hydrogen (secondary N) is 2. The average molecular weight is 550 g/mol. The second-order valence-electron chi connectivity index (χ2n) is 8.81. The first kappa shape index (κ1) is 25.6. The first-order chi connectivity index (χ1) is 18.4. The molecule has 0 aliphatic carbocycles. The number of carbonyl (C=O) groups excluding carboxylic acids is 1. The van der Waals surface area contributed by atoms with Crippen LogP contribution < -0.4 is 20.1 Å². The molecule has 38 heavy (non-hydrogen) atoms. The number of amides is 1. The van der Waals surface area contributed by atoms with Crippen molar-refractivity contribution < 1.29 is 14.3 Å². The summed E-state index contributed by atoms with van der Waals surface area (Å²) in [5, 5.41) is 11.6. The average Bonchev–Trinajstić information content (AvgIpc) is 3.37. The molecule has 5 rings (SSSR count). The van der Waals surface area contributed by atoms with Gasteiger partial charge in [-0.1, -0.05) is 53.5 Å². The molecule has 1 amide bonds. The van der Waals surface area contributed by atoms with Crippen LogP contribution in [0, 0.1) is 6.92 Å². The number of anilines is 2. The maximum Gasteiger partial charge on any atom is 0.255 e. The molecule has 1 aliphatic heterocycles. The molecule has 10 heteroatoms. The summed E-state index contributed by atoms with van der Waals surface area (Å²) >= 11 is 12.2. The number of carbonyl (C=O) groups is 1. The predicted molar refractivity (Wildman–Crippen MR) is 148 cm³/mol. The fourth-order valence-electron chi connectivity index (χ4n) is 4.36. The van der Waals surface area contributed by atoms with Gasteiger partial charge in [-0.05, 0) is 60.9 Å². The monoisotopic (exact) mass is 549 g/mol. The Kier molecular flexibility index (Phi) is 7.26. The molecule has 0 saturated heterocycles. The summed E-state index contributed by atoms with van der Waals surface area (Å²) in [7, 11) is 1.57. The SMILES string of the molecule is COc1cc([C@@H]2C(C(=O)Nc3ccccc3C)=C(C)Nc3ncnn32)ccc1OCc1ccc(Cl)c(Cl)c1. The lowest BCUT2D eigenvalue weighted by molar-refractivity contribution is -0.113. The number of nitrogens with zero attached hydrogens (tertiary/aromatic N) is 3. The molecule has 2 heterocycles. The fraction of sp³-hybridized carbons (Fsp3) is 0.179. The summed E-state index contributed by atoms with van der Waals surface area (Å²) in [6.07, 6.45) is 1.46. The minimum Gasteiger partial charge on any atom is -0.493 e. The van der Waals surface area contributed by atoms with Gasteiger partial charge < -0.3 is 20.1 Å². The summed E-state index contributed by atoms with van der Waals surface area (Å²) in [5.74, 6) is 1.36. The molecule has 0 radical (unpaired) electrons. The minimum absolute atomic E-state index is 0.241. The number of benzene rings is 3. The molecule has 194 valence electrons. The van der Waals surface area contributed by atoms with Crippen LogP contribution in [0.25, 0.3) is 0 Å². The summed E-state index contributed by atoms with van der Waals surface area (Å²) in [4.78, 5) is 17.9. The van der Waals surface area contributed by atoms with E-state index in [4.69, 9.17) is 32.7 Å². The predicted octanol–water partition coefficient (Wildman–Crippen LogP) is 6.41. The van der Waals surface area contributed by atoms with Gasteiger partial charge in [-0.25, -0.2) is 4.68 Å². The van der Waals surface area contributed by atoms with E-state index in [-0.39, 0.29) is 12.5 Å². The van der Waals surface area contributed by atoms with Crippen LogP contribution in [0.1, 0.15) is 29.7 Å². The Bertz CT molecular complexity index is 1550. The summed E-state index contributed by atoms with van der Waals surface area (Å²) in [6.45, 7) is 4.07. The van der Waals surface area contributed by atoms with Crippen molar-refractivity contribution in [2.45, 2.75) is 26.5 Å². The van der Waals surface area contributed by atoms with E-state index in [1.165, 1.54) is 6.33 Å². The first-order valence-corrected chi connectivity index (χ1v) is 12.6. The lowest BCUT2D eigenvalue weighted by Gasteiger charge is -2.29. The molecule has 1 aromatic heterocycles. The van der Waals surface area contributed by atoms with Gasteiger partial charge in [0.15, 0.2) is 11.5 Å². The molecular formula is C28H25Cl2N5O3. The van der Waals surface area contributed by atoms with Crippen LogP contribution in [-0.4, -0.2) is 27.8 Å². The van der Waals surface area contributed by atoms with E-state index < -0.39 is 6.04 Å². The van der Waals surface area contributed by atoms with Gasteiger partial charge in [-0.2, -0.15) is 10.1 Å². The molecule has 3 aromatic carbocycles. The lowest BCUT2D eigenvalue weighted by atomic mass is 9.94.